The van der Waals surface area contributed by atoms with Crippen molar-refractivity contribution in [3.63, 3.8) is 0 Å². The van der Waals surface area contributed by atoms with Crippen LogP contribution in [0, 0.1) is 5.41 Å². The number of nitrogens with one attached hydrogen (secondary N) is 1. The molecule has 1 aromatic carbocycles. The molecule has 6 heteroatoms. The minimum absolute atomic E-state index is 0.0536. The molecule has 172 valence electrons. The number of carbonyl (C=O) groups excluding carboxylic acids is 2. The van der Waals surface area contributed by atoms with Crippen LogP contribution in [0.4, 0.5) is 0 Å². The van der Waals surface area contributed by atoms with Gasteiger partial charge in [0.2, 0.25) is 5.91 Å². The van der Waals surface area contributed by atoms with E-state index in [1.54, 1.807) is 18.2 Å². The van der Waals surface area contributed by atoms with Gasteiger partial charge >= 0.3 is 0 Å². The molecule has 2 amide bonds. The number of hydrogen-bond donors (Lipinski definition) is 1. The van der Waals surface area contributed by atoms with E-state index >= 15 is 0 Å². The average Bonchev–Trinajstić information content (AvgIpc) is 2.78. The first-order valence-electron chi connectivity index (χ1n) is 12.0. The lowest BCUT2D eigenvalue weighted by Gasteiger charge is -2.43. The summed E-state index contributed by atoms with van der Waals surface area (Å²) in [6.45, 7) is 4.93. The van der Waals surface area contributed by atoms with Crippen LogP contribution in [0.1, 0.15) is 87.9 Å². The Hall–Kier alpha value is -1.75. The second kappa shape index (κ2) is 11.8. The summed E-state index contributed by atoms with van der Waals surface area (Å²) in [5, 5.41) is 3.69. The van der Waals surface area contributed by atoms with Gasteiger partial charge in [-0.15, -0.1) is 0 Å². The van der Waals surface area contributed by atoms with Crippen LogP contribution in [0.3, 0.4) is 0 Å². The van der Waals surface area contributed by atoms with Crippen LogP contribution in [0.15, 0.2) is 18.2 Å². The van der Waals surface area contributed by atoms with Crippen LogP contribution >= 0.6 is 11.6 Å². The fourth-order valence-corrected chi connectivity index (χ4v) is 5.02. The topological polar surface area (TPSA) is 58.6 Å². The Morgan fingerprint density at radius 1 is 1.16 bits per heavy atom. The van der Waals surface area contributed by atoms with Gasteiger partial charge in [0.15, 0.2) is 0 Å². The number of ether oxygens (including phenoxy) is 1. The van der Waals surface area contributed by atoms with E-state index in [1.165, 1.54) is 0 Å². The third kappa shape index (κ3) is 6.86. The number of likely N-dealkylation sites (tertiary alicyclic amines) is 1. The second-order valence-electron chi connectivity index (χ2n) is 9.21. The number of carbonyl (C=O) groups is 2. The Balaban J connectivity index is 1.74. The summed E-state index contributed by atoms with van der Waals surface area (Å²) in [6, 6.07) is 5.23. The molecular weight excluding hydrogens is 412 g/mol. The second-order valence-corrected chi connectivity index (χ2v) is 9.65. The lowest BCUT2D eigenvalue weighted by Crippen LogP contribution is -2.51. The zero-order valence-corrected chi connectivity index (χ0v) is 19.6. The van der Waals surface area contributed by atoms with Gasteiger partial charge in [0.25, 0.3) is 5.91 Å². The minimum atomic E-state index is -0.150. The van der Waals surface area contributed by atoms with Crippen LogP contribution in [0.2, 0.25) is 5.02 Å². The van der Waals surface area contributed by atoms with Crippen molar-refractivity contribution in [2.75, 3.05) is 26.2 Å². The highest BCUT2D eigenvalue weighted by Gasteiger charge is 2.37. The first kappa shape index (κ1) is 23.9. The normalized spacial score (nSPS) is 23.0. The molecule has 3 rings (SSSR count). The first-order valence-corrected chi connectivity index (χ1v) is 12.4. The van der Waals surface area contributed by atoms with Crippen molar-refractivity contribution in [1.82, 2.24) is 10.2 Å². The van der Waals surface area contributed by atoms with E-state index in [-0.39, 0.29) is 17.2 Å². The predicted octanol–water partition coefficient (Wildman–Crippen LogP) is 5.60. The first-order chi connectivity index (χ1) is 15.0. The van der Waals surface area contributed by atoms with Gasteiger partial charge in [0.1, 0.15) is 5.75 Å². The summed E-state index contributed by atoms with van der Waals surface area (Å²) in [5.74, 6) is 0.710. The van der Waals surface area contributed by atoms with Crippen molar-refractivity contribution in [3.8, 4) is 5.75 Å². The maximum atomic E-state index is 13.0. The van der Waals surface area contributed by atoms with Gasteiger partial charge < -0.3 is 15.0 Å². The summed E-state index contributed by atoms with van der Waals surface area (Å²) in [6.07, 6.45) is 11.3. The van der Waals surface area contributed by atoms with Gasteiger partial charge in [-0.05, 0) is 50.3 Å². The number of nitrogens with zero attached hydrogens (tertiary/aromatic N) is 1. The number of unbranched alkanes of at least 4 members (excludes halogenated alkanes) is 2. The maximum absolute atomic E-state index is 13.0. The third-order valence-corrected chi connectivity index (χ3v) is 6.91. The number of hydrogen-bond acceptors (Lipinski definition) is 3. The van der Waals surface area contributed by atoms with Crippen LogP contribution in [-0.2, 0) is 4.79 Å². The highest BCUT2D eigenvalue weighted by atomic mass is 35.5. The highest BCUT2D eigenvalue weighted by Crippen LogP contribution is 2.36. The molecule has 1 unspecified atom stereocenters. The van der Waals surface area contributed by atoms with Gasteiger partial charge in [-0.2, -0.15) is 0 Å². The fraction of sp³-hybridized carbons (Fsp3) is 0.680. The highest BCUT2D eigenvalue weighted by molar-refractivity contribution is 6.31. The summed E-state index contributed by atoms with van der Waals surface area (Å²) in [7, 11) is 0. The molecule has 2 aliphatic rings. The molecule has 0 bridgehead atoms. The third-order valence-electron chi connectivity index (χ3n) is 6.68. The SMILES string of the molecule is CCCCCC(=O)N1CCCC2(CCCCCCOc3ccc(Cl)cc3C(=O)NC2)C1. The fourth-order valence-electron chi connectivity index (χ4n) is 4.85. The van der Waals surface area contributed by atoms with Crippen LogP contribution in [-0.4, -0.2) is 43.0 Å². The molecule has 1 spiro atoms. The molecule has 0 aromatic heterocycles. The molecule has 0 aliphatic carbocycles. The number of fused-ring (bicyclic) bond motifs is 1. The number of rotatable bonds is 4. The summed E-state index contributed by atoms with van der Waals surface area (Å²) >= 11 is 6.16. The summed E-state index contributed by atoms with van der Waals surface area (Å²) in [5.41, 5.74) is 0.437. The molecule has 1 fully saturated rings. The van der Waals surface area contributed by atoms with Crippen LogP contribution in [0.25, 0.3) is 0 Å². The molecule has 1 atom stereocenters. The van der Waals surface area contributed by atoms with Gasteiger partial charge in [-0.1, -0.05) is 50.6 Å². The molecule has 2 aliphatic heterocycles. The van der Waals surface area contributed by atoms with Crippen LogP contribution < -0.4 is 10.1 Å². The van der Waals surface area contributed by atoms with Gasteiger partial charge in [0, 0.05) is 36.5 Å². The quantitative estimate of drug-likeness (QED) is 0.609. The standard InChI is InChI=1S/C25H37ClN2O3/c1-2-3-6-10-23(29)28-15-9-14-25(19-28)13-7-4-5-8-16-31-22-12-11-20(26)17-21(22)24(30)27-18-25/h11-12,17H,2-10,13-16,18-19H2,1H3,(H,27,30). The predicted molar refractivity (Wildman–Crippen MR) is 125 cm³/mol. The van der Waals surface area contributed by atoms with Crippen molar-refractivity contribution in [2.45, 2.75) is 77.6 Å². The largest absolute Gasteiger partial charge is 0.493 e. The Labute approximate surface area is 191 Å². The molecule has 1 aromatic rings. The number of amides is 2. The van der Waals surface area contributed by atoms with E-state index < -0.39 is 0 Å². The Morgan fingerprint density at radius 3 is 2.81 bits per heavy atom. The van der Waals surface area contributed by atoms with E-state index in [9.17, 15) is 9.59 Å². The summed E-state index contributed by atoms with van der Waals surface area (Å²) in [4.78, 5) is 27.9. The lowest BCUT2D eigenvalue weighted by molar-refractivity contribution is -0.135. The summed E-state index contributed by atoms with van der Waals surface area (Å²) < 4.78 is 5.89. The zero-order chi connectivity index (χ0) is 22.1. The Bertz CT molecular complexity index is 754. The van der Waals surface area contributed by atoms with Gasteiger partial charge in [-0.3, -0.25) is 9.59 Å². The molecule has 2 heterocycles. The van der Waals surface area contributed by atoms with E-state index in [4.69, 9.17) is 16.3 Å². The molecule has 5 nitrogen and oxygen atoms in total. The van der Waals surface area contributed by atoms with E-state index in [2.05, 4.69) is 17.1 Å². The monoisotopic (exact) mass is 448 g/mol. The average molecular weight is 449 g/mol. The number of piperidine rings is 1. The van der Waals surface area contributed by atoms with Crippen molar-refractivity contribution in [2.24, 2.45) is 5.41 Å². The zero-order valence-electron chi connectivity index (χ0n) is 18.9. The van der Waals surface area contributed by atoms with Crippen molar-refractivity contribution >= 4 is 23.4 Å². The number of halogens is 1. The maximum Gasteiger partial charge on any atom is 0.255 e. The molecule has 1 N–H and O–H groups in total. The number of benzene rings is 1. The smallest absolute Gasteiger partial charge is 0.255 e. The lowest BCUT2D eigenvalue weighted by atomic mass is 9.75. The van der Waals surface area contributed by atoms with Gasteiger partial charge in [-0.25, -0.2) is 0 Å². The molecule has 0 saturated carbocycles. The minimum Gasteiger partial charge on any atom is -0.493 e. The van der Waals surface area contributed by atoms with E-state index in [0.717, 1.165) is 77.3 Å². The molecular formula is C25H37ClN2O3. The van der Waals surface area contributed by atoms with Crippen LogP contribution in [0.5, 0.6) is 5.75 Å². The Kier molecular flexibility index (Phi) is 9.06. The molecule has 0 radical (unpaired) electrons. The van der Waals surface area contributed by atoms with Gasteiger partial charge in [0.05, 0.1) is 12.2 Å². The van der Waals surface area contributed by atoms with E-state index in [1.807, 2.05) is 0 Å². The van der Waals surface area contributed by atoms with Crippen molar-refractivity contribution in [1.29, 1.82) is 0 Å². The Morgan fingerprint density at radius 2 is 1.97 bits per heavy atom. The van der Waals surface area contributed by atoms with Crippen molar-refractivity contribution < 1.29 is 14.3 Å². The van der Waals surface area contributed by atoms with Crippen molar-refractivity contribution in [3.05, 3.63) is 28.8 Å². The van der Waals surface area contributed by atoms with E-state index in [0.29, 0.717) is 35.9 Å². The molecule has 31 heavy (non-hydrogen) atoms. The molecule has 1 saturated heterocycles.